The van der Waals surface area contributed by atoms with Crippen molar-refractivity contribution < 1.29 is 23.9 Å². The maximum atomic E-state index is 14.4. The Hall–Kier alpha value is -4.79. The molecule has 64 heavy (non-hydrogen) atoms. The van der Waals surface area contributed by atoms with Gasteiger partial charge in [0.2, 0.25) is 0 Å². The fraction of sp³-hybridized carbons (Fsp3) is 0.582. The molecule has 6 rings (SSSR count). The molecule has 0 amide bonds. The van der Waals surface area contributed by atoms with Gasteiger partial charge in [-0.05, 0) is 112 Å². The van der Waals surface area contributed by atoms with Gasteiger partial charge in [0.15, 0.2) is 5.78 Å². The smallest absolute Gasteiger partial charge is 0.321 e. The van der Waals surface area contributed by atoms with Crippen LogP contribution in [-0.2, 0) is 25.5 Å². The topological polar surface area (TPSA) is 126 Å². The molecule has 9 nitrogen and oxygen atoms in total. The number of nitrogens with zero attached hydrogens (tertiary/aromatic N) is 2. The van der Waals surface area contributed by atoms with Crippen LogP contribution in [-0.4, -0.2) is 58.9 Å². The summed E-state index contributed by atoms with van der Waals surface area (Å²) in [7, 11) is 1.32. The van der Waals surface area contributed by atoms with Crippen LogP contribution in [0.25, 0.3) is 23.8 Å². The number of ether oxygens (including phenoxy) is 2. The number of hydrogen-bond donors (Lipinski definition) is 2. The molecule has 346 valence electrons. The average molecular weight is 873 g/mol. The third-order valence-corrected chi connectivity index (χ3v) is 14.8. The van der Waals surface area contributed by atoms with E-state index in [0.29, 0.717) is 35.4 Å². The maximum Gasteiger partial charge on any atom is 0.321 e. The van der Waals surface area contributed by atoms with E-state index in [-0.39, 0.29) is 42.7 Å². The number of aromatic nitrogens is 2. The molecule has 4 aliphatic rings. The molecular formula is C55H76N4O5. The number of rotatable bonds is 20. The van der Waals surface area contributed by atoms with Crippen LogP contribution in [0.2, 0.25) is 0 Å². The van der Waals surface area contributed by atoms with Crippen molar-refractivity contribution in [2.45, 2.75) is 159 Å². The molecule has 8 bridgehead atoms. The van der Waals surface area contributed by atoms with Crippen molar-refractivity contribution in [1.82, 2.24) is 9.97 Å². The molecule has 9 heteroatoms. The van der Waals surface area contributed by atoms with Gasteiger partial charge >= 0.3 is 11.9 Å². The molecule has 0 spiro atoms. The van der Waals surface area contributed by atoms with E-state index in [1.165, 1.54) is 63.2 Å². The van der Waals surface area contributed by atoms with Crippen molar-refractivity contribution in [2.24, 2.45) is 45.5 Å². The predicted molar refractivity (Wildman–Crippen MR) is 263 cm³/mol. The number of aromatic amines is 2. The van der Waals surface area contributed by atoms with Gasteiger partial charge in [0, 0.05) is 63.5 Å². The highest BCUT2D eigenvalue weighted by molar-refractivity contribution is 6.25. The maximum absolute atomic E-state index is 14.4. The number of nitrogens with one attached hydrogen (secondary N) is 2. The van der Waals surface area contributed by atoms with Crippen molar-refractivity contribution in [3.05, 3.63) is 79.4 Å². The Kier molecular flexibility index (Phi) is 16.3. The van der Waals surface area contributed by atoms with E-state index in [2.05, 4.69) is 91.0 Å². The SMILES string of the molecule is C=Cc1c(C)/c2[nH]/c1=C\C1=NC(Cc3[nH]c4c(c3C)C(=O)[C@@H](C(=O)OC)/C4=C3N=C(\C=2)[C@H](C)[C@H]/3CCC(=O)OC/C=C(\C)CCC[C@@H](C)CCC[C@@H](C)CCCC(C)C)C(CC)=C1C. The first-order valence-electron chi connectivity index (χ1n) is 24.4. The zero-order valence-corrected chi connectivity index (χ0v) is 40.9. The lowest BCUT2D eigenvalue weighted by Crippen LogP contribution is -2.24. The van der Waals surface area contributed by atoms with Gasteiger partial charge in [-0.15, -0.1) is 0 Å². The number of H-pyrrole nitrogens is 2. The second-order valence-corrected chi connectivity index (χ2v) is 19.9. The first kappa shape index (κ1) is 48.7. The largest absolute Gasteiger partial charge is 0.468 e. The highest BCUT2D eigenvalue weighted by Crippen LogP contribution is 2.48. The standard InChI is InChI=1S/C55H76N4O5/c1-13-39-35(8)42-28-44-37(10)41(24-25-48(60)64-27-26-34(7)23-17-22-33(6)21-16-20-32(5)19-15-18-31(3)4)52(58-44)50-51(55(62)63-12)54(61)49-38(11)45(59-53(49)50)30-47-40(14-2)36(9)43(57-47)29-46(39)56-42/h13,26,28-29,31-33,37,41,47,51,56,59H,1,14-25,27,30H2,2-12H3/b34-26+,42-28-,46-29-,52-50-/t32-,33-,37+,41+,47?,51-/m0/s1. The molecule has 1 aliphatic carbocycles. The first-order valence-corrected chi connectivity index (χ1v) is 24.4. The number of Topliss-reactive ketones (excluding diaryl/α,β-unsaturated/α-hetero) is 1. The van der Waals surface area contributed by atoms with Crippen LogP contribution in [0.3, 0.4) is 0 Å². The van der Waals surface area contributed by atoms with Crippen molar-refractivity contribution in [3.63, 3.8) is 0 Å². The number of ketones is 1. The lowest BCUT2D eigenvalue weighted by atomic mass is 9.83. The molecule has 1 unspecified atom stereocenters. The quantitative estimate of drug-likeness (QED) is 0.0778. The molecule has 2 aromatic heterocycles. The number of carbonyl (C=O) groups is 3. The molecule has 3 aliphatic heterocycles. The molecule has 5 heterocycles. The van der Waals surface area contributed by atoms with E-state index < -0.39 is 11.9 Å². The van der Waals surface area contributed by atoms with Gasteiger partial charge in [-0.2, -0.15) is 0 Å². The first-order chi connectivity index (χ1) is 30.6. The van der Waals surface area contributed by atoms with Crippen LogP contribution >= 0.6 is 0 Å². The van der Waals surface area contributed by atoms with Crippen molar-refractivity contribution >= 4 is 52.9 Å². The number of fused-ring (bicyclic) bond motifs is 5. The van der Waals surface area contributed by atoms with Crippen LogP contribution < -0.4 is 10.7 Å². The monoisotopic (exact) mass is 873 g/mol. The van der Waals surface area contributed by atoms with Crippen LogP contribution in [0.15, 0.2) is 45.1 Å². The lowest BCUT2D eigenvalue weighted by molar-refractivity contribution is -0.143. The van der Waals surface area contributed by atoms with E-state index in [1.54, 1.807) is 0 Å². The van der Waals surface area contributed by atoms with Crippen LogP contribution in [0.4, 0.5) is 0 Å². The zero-order chi connectivity index (χ0) is 46.4. The molecule has 0 saturated heterocycles. The summed E-state index contributed by atoms with van der Waals surface area (Å²) in [5, 5.41) is 1.83. The number of allylic oxidation sites excluding steroid dienone is 3. The van der Waals surface area contributed by atoms with Gasteiger partial charge in [-0.1, -0.05) is 105 Å². The molecular weight excluding hydrogens is 797 g/mol. The van der Waals surface area contributed by atoms with E-state index in [0.717, 1.165) is 87.1 Å². The van der Waals surface area contributed by atoms with Crippen LogP contribution in [0.5, 0.6) is 0 Å². The Morgan fingerprint density at radius 2 is 1.62 bits per heavy atom. The molecule has 0 radical (unpaired) electrons. The number of carbonyl (C=O) groups excluding carboxylic acids is 3. The summed E-state index contributed by atoms with van der Waals surface area (Å²) in [6.07, 6.45) is 21.5. The molecule has 0 aromatic carbocycles. The minimum Gasteiger partial charge on any atom is -0.468 e. The molecule has 6 atom stereocenters. The highest BCUT2D eigenvalue weighted by atomic mass is 16.5. The van der Waals surface area contributed by atoms with Gasteiger partial charge in [0.1, 0.15) is 12.5 Å². The van der Waals surface area contributed by atoms with Gasteiger partial charge in [-0.3, -0.25) is 24.4 Å². The summed E-state index contributed by atoms with van der Waals surface area (Å²) in [5.41, 5.74) is 11.5. The van der Waals surface area contributed by atoms with E-state index in [4.69, 9.17) is 19.5 Å². The average Bonchev–Trinajstić information content (AvgIpc) is 3.99. The van der Waals surface area contributed by atoms with Crippen molar-refractivity contribution in [1.29, 1.82) is 0 Å². The van der Waals surface area contributed by atoms with Crippen LogP contribution in [0.1, 0.15) is 171 Å². The molecule has 2 N–H and O–H groups in total. The van der Waals surface area contributed by atoms with Gasteiger partial charge in [0.05, 0.1) is 30.3 Å². The summed E-state index contributed by atoms with van der Waals surface area (Å²) in [6, 6.07) is -0.103. The van der Waals surface area contributed by atoms with Gasteiger partial charge in [-0.25, -0.2) is 0 Å². The second kappa shape index (κ2) is 21.5. The van der Waals surface area contributed by atoms with E-state index in [9.17, 15) is 14.4 Å². The van der Waals surface area contributed by atoms with Gasteiger partial charge < -0.3 is 19.4 Å². The van der Waals surface area contributed by atoms with Crippen molar-refractivity contribution in [3.8, 4) is 0 Å². The Morgan fingerprint density at radius 1 is 0.938 bits per heavy atom. The number of hydrogen-bond acceptors (Lipinski definition) is 7. The van der Waals surface area contributed by atoms with Gasteiger partial charge in [0.25, 0.3) is 0 Å². The Balaban J connectivity index is 1.20. The molecule has 0 fully saturated rings. The fourth-order valence-electron chi connectivity index (χ4n) is 10.6. The third-order valence-electron chi connectivity index (χ3n) is 14.8. The number of methoxy groups -OCH3 is 1. The van der Waals surface area contributed by atoms with E-state index in [1.807, 2.05) is 19.1 Å². The Bertz CT molecular complexity index is 2390. The number of aliphatic imine (C=N–C) groups is 2. The lowest BCUT2D eigenvalue weighted by Gasteiger charge is -2.20. The number of esters is 2. The zero-order valence-electron chi connectivity index (χ0n) is 40.9. The highest BCUT2D eigenvalue weighted by Gasteiger charge is 2.48. The summed E-state index contributed by atoms with van der Waals surface area (Å²) in [5.74, 6) is -0.413. The second-order valence-electron chi connectivity index (χ2n) is 19.9. The van der Waals surface area contributed by atoms with Crippen LogP contribution in [0, 0.1) is 49.4 Å². The third kappa shape index (κ3) is 10.7. The molecule has 2 aromatic rings. The Morgan fingerprint density at radius 3 is 2.28 bits per heavy atom. The minimum absolute atomic E-state index is 0.103. The summed E-state index contributed by atoms with van der Waals surface area (Å²) in [4.78, 5) is 59.3. The summed E-state index contributed by atoms with van der Waals surface area (Å²) in [6.45, 7) is 26.4. The van der Waals surface area contributed by atoms with E-state index >= 15 is 0 Å². The summed E-state index contributed by atoms with van der Waals surface area (Å²) < 4.78 is 11.1. The molecule has 0 saturated carbocycles. The minimum atomic E-state index is -1.16. The normalized spacial score (nSPS) is 23.7. The summed E-state index contributed by atoms with van der Waals surface area (Å²) >= 11 is 0. The Labute approximate surface area is 382 Å². The predicted octanol–water partition coefficient (Wildman–Crippen LogP) is 11.1. The fourth-order valence-corrected chi connectivity index (χ4v) is 10.6. The van der Waals surface area contributed by atoms with Crippen molar-refractivity contribution in [2.75, 3.05) is 13.7 Å².